The number of ketones is 1. The van der Waals surface area contributed by atoms with Gasteiger partial charge in [-0.2, -0.15) is 5.10 Å². The molecule has 0 aliphatic carbocycles. The van der Waals surface area contributed by atoms with Gasteiger partial charge in [-0.15, -0.1) is 0 Å². The fourth-order valence-electron chi connectivity index (χ4n) is 1.37. The van der Waals surface area contributed by atoms with E-state index in [1.165, 1.54) is 12.3 Å². The van der Waals surface area contributed by atoms with Crippen LogP contribution < -0.4 is 0 Å². The lowest BCUT2D eigenvalue weighted by Crippen LogP contribution is -1.96. The number of hydrogen-bond acceptors (Lipinski definition) is 4. The first kappa shape index (κ1) is 11.2. The van der Waals surface area contributed by atoms with Gasteiger partial charge in [0.25, 0.3) is 0 Å². The van der Waals surface area contributed by atoms with E-state index in [4.69, 9.17) is 4.42 Å². The second kappa shape index (κ2) is 4.29. The number of aliphatic hydroxyl groups excluding tert-OH is 1. The molecule has 1 N–H and O–H groups in total. The highest BCUT2D eigenvalue weighted by molar-refractivity contribution is 6.05. The Bertz CT molecular complexity index is 545. The number of rotatable bonds is 3. The molecule has 0 radical (unpaired) electrons. The van der Waals surface area contributed by atoms with Crippen LogP contribution in [0.25, 0.3) is 5.76 Å². The number of nitrogens with zero attached hydrogens (tertiary/aromatic N) is 2. The van der Waals surface area contributed by atoms with Crippen molar-refractivity contribution in [1.29, 1.82) is 0 Å². The molecule has 0 aliphatic rings. The average molecular weight is 232 g/mol. The van der Waals surface area contributed by atoms with Crippen molar-refractivity contribution < 1.29 is 14.3 Å². The van der Waals surface area contributed by atoms with E-state index in [-0.39, 0.29) is 11.5 Å². The van der Waals surface area contributed by atoms with E-state index in [1.54, 1.807) is 23.9 Å². The number of aryl methyl sites for hydroxylation is 2. The van der Waals surface area contributed by atoms with Crippen LogP contribution in [0.3, 0.4) is 0 Å². The van der Waals surface area contributed by atoms with Crippen LogP contribution in [0.1, 0.15) is 21.9 Å². The maximum Gasteiger partial charge on any atom is 0.224 e. The summed E-state index contributed by atoms with van der Waals surface area (Å²) in [7, 11) is 1.76. The molecule has 2 aromatic heterocycles. The Kier molecular flexibility index (Phi) is 2.82. The Morgan fingerprint density at radius 3 is 2.88 bits per heavy atom. The second-order valence-electron chi connectivity index (χ2n) is 3.67. The summed E-state index contributed by atoms with van der Waals surface area (Å²) in [6.45, 7) is 1.86. The Labute approximate surface area is 98.0 Å². The summed E-state index contributed by atoms with van der Waals surface area (Å²) < 4.78 is 6.55. The number of furan rings is 1. The fourth-order valence-corrected chi connectivity index (χ4v) is 1.37. The van der Waals surface area contributed by atoms with Crippen molar-refractivity contribution in [1.82, 2.24) is 9.78 Å². The van der Waals surface area contributed by atoms with E-state index < -0.39 is 5.78 Å². The molecular weight excluding hydrogens is 220 g/mol. The van der Waals surface area contributed by atoms with E-state index in [9.17, 15) is 9.90 Å². The molecule has 0 saturated carbocycles. The molecule has 2 heterocycles. The van der Waals surface area contributed by atoms with Gasteiger partial charge in [0.2, 0.25) is 5.78 Å². The Morgan fingerprint density at radius 2 is 2.35 bits per heavy atom. The zero-order valence-corrected chi connectivity index (χ0v) is 9.54. The third-order valence-electron chi connectivity index (χ3n) is 2.41. The van der Waals surface area contributed by atoms with E-state index >= 15 is 0 Å². The minimum atomic E-state index is -0.393. The molecule has 2 aromatic rings. The molecule has 0 aromatic carbocycles. The van der Waals surface area contributed by atoms with Crippen LogP contribution in [-0.2, 0) is 7.05 Å². The highest BCUT2D eigenvalue weighted by Crippen LogP contribution is 2.12. The van der Waals surface area contributed by atoms with Gasteiger partial charge in [0.15, 0.2) is 5.76 Å². The van der Waals surface area contributed by atoms with E-state index in [0.29, 0.717) is 5.69 Å². The molecule has 88 valence electrons. The van der Waals surface area contributed by atoms with Gasteiger partial charge >= 0.3 is 0 Å². The summed E-state index contributed by atoms with van der Waals surface area (Å²) in [4.78, 5) is 11.6. The summed E-state index contributed by atoms with van der Waals surface area (Å²) in [5.41, 5.74) is 1.26. The predicted octanol–water partition coefficient (Wildman–Crippen LogP) is 2.10. The van der Waals surface area contributed by atoms with Gasteiger partial charge in [0.1, 0.15) is 11.5 Å². The zero-order valence-electron chi connectivity index (χ0n) is 9.54. The molecule has 0 amide bonds. The van der Waals surface area contributed by atoms with Crippen molar-refractivity contribution >= 4 is 11.5 Å². The zero-order chi connectivity index (χ0) is 12.4. The van der Waals surface area contributed by atoms with Crippen molar-refractivity contribution in [2.24, 2.45) is 7.05 Å². The first-order valence-electron chi connectivity index (χ1n) is 5.07. The van der Waals surface area contributed by atoms with Crippen molar-refractivity contribution in [3.8, 4) is 0 Å². The van der Waals surface area contributed by atoms with Crippen LogP contribution in [0, 0.1) is 6.92 Å². The molecule has 0 unspecified atom stereocenters. The maximum absolute atomic E-state index is 11.6. The third kappa shape index (κ3) is 2.28. The fraction of sp³-hybridized carbons (Fsp3) is 0.167. The molecule has 0 spiro atoms. The largest absolute Gasteiger partial charge is 0.505 e. The lowest BCUT2D eigenvalue weighted by atomic mass is 10.2. The number of aromatic nitrogens is 2. The van der Waals surface area contributed by atoms with Crippen LogP contribution in [0.5, 0.6) is 0 Å². The molecule has 5 heteroatoms. The average Bonchev–Trinajstić information content (AvgIpc) is 2.89. The van der Waals surface area contributed by atoms with Gasteiger partial charge in [-0.25, -0.2) is 0 Å². The topological polar surface area (TPSA) is 68.3 Å². The van der Waals surface area contributed by atoms with Crippen molar-refractivity contribution in [2.75, 3.05) is 0 Å². The van der Waals surface area contributed by atoms with E-state index in [0.717, 1.165) is 11.8 Å². The first-order valence-corrected chi connectivity index (χ1v) is 5.07. The summed E-state index contributed by atoms with van der Waals surface area (Å²) in [6, 6.07) is 4.85. The Morgan fingerprint density at radius 1 is 1.59 bits per heavy atom. The molecule has 0 fully saturated rings. The predicted molar refractivity (Wildman–Crippen MR) is 61.6 cm³/mol. The van der Waals surface area contributed by atoms with Gasteiger partial charge in [-0.1, -0.05) is 0 Å². The molecule has 17 heavy (non-hydrogen) atoms. The highest BCUT2D eigenvalue weighted by atomic mass is 16.3. The van der Waals surface area contributed by atoms with Crippen molar-refractivity contribution in [2.45, 2.75) is 6.92 Å². The van der Waals surface area contributed by atoms with Gasteiger partial charge in [-0.3, -0.25) is 9.48 Å². The monoisotopic (exact) mass is 232 g/mol. The highest BCUT2D eigenvalue weighted by Gasteiger charge is 2.11. The van der Waals surface area contributed by atoms with Crippen molar-refractivity contribution in [3.05, 3.63) is 47.7 Å². The summed E-state index contributed by atoms with van der Waals surface area (Å²) >= 11 is 0. The maximum atomic E-state index is 11.6. The van der Waals surface area contributed by atoms with Crippen molar-refractivity contribution in [3.63, 3.8) is 0 Å². The Balaban J connectivity index is 2.25. The van der Waals surface area contributed by atoms with Gasteiger partial charge < -0.3 is 9.52 Å². The van der Waals surface area contributed by atoms with Gasteiger partial charge in [0.05, 0.1) is 6.26 Å². The number of aliphatic hydroxyl groups is 1. The third-order valence-corrected chi connectivity index (χ3v) is 2.41. The second-order valence-corrected chi connectivity index (χ2v) is 3.67. The minimum absolute atomic E-state index is 0.171. The summed E-state index contributed by atoms with van der Waals surface area (Å²) in [5, 5.41) is 13.8. The van der Waals surface area contributed by atoms with Gasteiger partial charge in [-0.05, 0) is 25.1 Å². The van der Waals surface area contributed by atoms with Crippen LogP contribution in [-0.4, -0.2) is 20.7 Å². The molecule has 0 bridgehead atoms. The smallest absolute Gasteiger partial charge is 0.224 e. The van der Waals surface area contributed by atoms with Gasteiger partial charge in [0, 0.05) is 18.8 Å². The van der Waals surface area contributed by atoms with Crippen LogP contribution in [0.15, 0.2) is 35.0 Å². The number of carbonyl (C=O) groups is 1. The molecular formula is C12H12N2O3. The lowest BCUT2D eigenvalue weighted by molar-refractivity contribution is 0.102. The Hall–Kier alpha value is -2.30. The molecule has 5 nitrogen and oxygen atoms in total. The number of allylic oxidation sites excluding steroid dienone is 1. The van der Waals surface area contributed by atoms with Crippen LogP contribution >= 0.6 is 0 Å². The normalized spacial score (nSPS) is 11.8. The summed E-state index contributed by atoms with van der Waals surface area (Å²) in [6.07, 6.45) is 2.50. The first-order chi connectivity index (χ1) is 8.08. The van der Waals surface area contributed by atoms with Crippen LogP contribution in [0.2, 0.25) is 0 Å². The van der Waals surface area contributed by atoms with Crippen LogP contribution in [0.4, 0.5) is 0 Å². The summed E-state index contributed by atoms with van der Waals surface area (Å²) in [5.74, 6) is -0.380. The quantitative estimate of drug-likeness (QED) is 0.500. The number of hydrogen-bond donors (Lipinski definition) is 1. The van der Waals surface area contributed by atoms with E-state index in [1.807, 2.05) is 6.92 Å². The number of carbonyl (C=O) groups excluding carboxylic acids is 1. The lowest BCUT2D eigenvalue weighted by Gasteiger charge is -1.94. The molecule has 0 saturated heterocycles. The minimum Gasteiger partial charge on any atom is -0.505 e. The standard InChI is InChI=1S/C12H12N2O3/c1-8-6-9(13-14(8)2)10(15)7-11(16)12-4-3-5-17-12/h3-7,15H,1-2H3/b10-7-. The molecule has 0 aliphatic heterocycles. The van der Waals surface area contributed by atoms with E-state index in [2.05, 4.69) is 5.10 Å². The molecule has 2 rings (SSSR count). The SMILES string of the molecule is Cc1cc(/C(O)=C/C(=O)c2ccco2)nn1C. The molecule has 0 atom stereocenters.